The molecule has 0 atom stereocenters. The lowest BCUT2D eigenvalue weighted by Gasteiger charge is -2.26. The molecule has 0 unspecified atom stereocenters. The van der Waals surface area contributed by atoms with Crippen LogP contribution in [0, 0.1) is 13.8 Å². The molecule has 157 valence electrons. The second-order valence-corrected chi connectivity index (χ2v) is 12.6. The Hall–Kier alpha value is -0.332. The summed E-state index contributed by atoms with van der Waals surface area (Å²) >= 11 is 0. The van der Waals surface area contributed by atoms with Crippen LogP contribution in [-0.4, -0.2) is 39.3 Å². The molecule has 0 aliphatic carbocycles. The molecule has 8 heteroatoms. The molecule has 1 aromatic carbocycles. The standard InChI is InChI=1S/C21H33O4Si4/c1-8-11-18-14(4)15(5)21(20(13-10-3)19(18)12-9-2)16(6)17(7)29-24-27-22-26-23-28-25-29/h8-13H2,1-7H3. The summed E-state index contributed by atoms with van der Waals surface area (Å²) in [7, 11) is -1.61. The molecule has 1 aromatic rings. The van der Waals surface area contributed by atoms with Crippen molar-refractivity contribution in [2.45, 2.75) is 87.0 Å². The normalized spacial score (nSPS) is 17.1. The average Bonchev–Trinajstić information content (AvgIpc) is 2.68. The first-order valence-electron chi connectivity index (χ1n) is 10.6. The number of hydrogen-bond acceptors (Lipinski definition) is 4. The van der Waals surface area contributed by atoms with Crippen LogP contribution in [0.25, 0.3) is 5.57 Å². The van der Waals surface area contributed by atoms with Crippen molar-refractivity contribution < 1.29 is 16.5 Å². The minimum absolute atomic E-state index is 0.00622. The van der Waals surface area contributed by atoms with E-state index >= 15 is 0 Å². The molecule has 0 N–H and O–H groups in total. The van der Waals surface area contributed by atoms with Gasteiger partial charge in [-0.1, -0.05) is 40.0 Å². The van der Waals surface area contributed by atoms with E-state index in [0.717, 1.165) is 19.3 Å². The van der Waals surface area contributed by atoms with E-state index in [-0.39, 0.29) is 30.0 Å². The third-order valence-corrected chi connectivity index (χ3v) is 10.1. The van der Waals surface area contributed by atoms with Gasteiger partial charge >= 0.3 is 39.3 Å². The van der Waals surface area contributed by atoms with Gasteiger partial charge in [0, 0.05) is 0 Å². The van der Waals surface area contributed by atoms with Crippen LogP contribution in [0.1, 0.15) is 87.3 Å². The van der Waals surface area contributed by atoms with Crippen molar-refractivity contribution in [1.82, 2.24) is 0 Å². The fraction of sp³-hybridized carbons (Fsp3) is 0.619. The summed E-state index contributed by atoms with van der Waals surface area (Å²) in [6.45, 7) is 15.9. The van der Waals surface area contributed by atoms with Gasteiger partial charge in [-0.3, -0.25) is 0 Å². The van der Waals surface area contributed by atoms with Gasteiger partial charge in [0.05, 0.1) is 0 Å². The molecule has 1 heterocycles. The Labute approximate surface area is 186 Å². The summed E-state index contributed by atoms with van der Waals surface area (Å²) in [6, 6.07) is 0. The summed E-state index contributed by atoms with van der Waals surface area (Å²) in [5.74, 6) is 0. The first-order valence-corrected chi connectivity index (χ1v) is 14.3. The van der Waals surface area contributed by atoms with E-state index in [4.69, 9.17) is 16.5 Å². The summed E-state index contributed by atoms with van der Waals surface area (Å²) in [5.41, 5.74) is 10.3. The van der Waals surface area contributed by atoms with E-state index < -0.39 is 9.28 Å². The van der Waals surface area contributed by atoms with Crippen LogP contribution in [0.2, 0.25) is 0 Å². The Kier molecular flexibility index (Phi) is 10.8. The fourth-order valence-electron chi connectivity index (χ4n) is 4.06. The first kappa shape index (κ1) is 24.9. The second-order valence-electron chi connectivity index (χ2n) is 7.51. The Balaban J connectivity index is 2.64. The Morgan fingerprint density at radius 2 is 1.24 bits per heavy atom. The highest BCUT2D eigenvalue weighted by atomic mass is 28.4. The zero-order valence-electron chi connectivity index (χ0n) is 18.9. The topological polar surface area (TPSA) is 36.9 Å². The lowest BCUT2D eigenvalue weighted by Crippen LogP contribution is -2.34. The van der Waals surface area contributed by atoms with Crippen LogP contribution < -0.4 is 0 Å². The zero-order chi connectivity index (χ0) is 21.4. The number of rotatable bonds is 8. The lowest BCUT2D eigenvalue weighted by molar-refractivity contribution is 0.334. The van der Waals surface area contributed by atoms with Crippen molar-refractivity contribution in [2.24, 2.45) is 0 Å². The zero-order valence-corrected chi connectivity index (χ0v) is 22.9. The van der Waals surface area contributed by atoms with Gasteiger partial charge < -0.3 is 16.5 Å². The molecule has 1 saturated heterocycles. The molecule has 0 saturated carbocycles. The van der Waals surface area contributed by atoms with Gasteiger partial charge in [-0.25, -0.2) is 0 Å². The number of hydrogen-bond donors (Lipinski definition) is 0. The summed E-state index contributed by atoms with van der Waals surface area (Å²) in [4.78, 5) is 0. The molecule has 0 spiro atoms. The van der Waals surface area contributed by atoms with Gasteiger partial charge in [-0.15, -0.1) is 0 Å². The molecule has 1 aliphatic heterocycles. The molecule has 0 amide bonds. The van der Waals surface area contributed by atoms with Crippen molar-refractivity contribution in [1.29, 1.82) is 0 Å². The van der Waals surface area contributed by atoms with Gasteiger partial charge in [0.15, 0.2) is 0 Å². The highest BCUT2D eigenvalue weighted by molar-refractivity contribution is 6.66. The smallest absolute Gasteiger partial charge is 0.412 e. The maximum Gasteiger partial charge on any atom is 0.413 e. The van der Waals surface area contributed by atoms with E-state index in [1.165, 1.54) is 46.7 Å². The second kappa shape index (κ2) is 12.5. The number of allylic oxidation sites excluding steroid dienone is 2. The van der Waals surface area contributed by atoms with Crippen molar-refractivity contribution in [2.75, 3.05) is 0 Å². The van der Waals surface area contributed by atoms with Gasteiger partial charge in [0.1, 0.15) is 0 Å². The van der Waals surface area contributed by atoms with Gasteiger partial charge in [-0.05, 0) is 91.1 Å². The Morgan fingerprint density at radius 1 is 0.724 bits per heavy atom. The molecular formula is C21H33O4Si4. The van der Waals surface area contributed by atoms with Gasteiger partial charge in [0.25, 0.3) is 0 Å². The maximum absolute atomic E-state index is 5.96. The lowest BCUT2D eigenvalue weighted by atomic mass is 9.80. The molecule has 29 heavy (non-hydrogen) atoms. The molecule has 1 aliphatic rings. The fourth-order valence-corrected chi connectivity index (χ4v) is 8.76. The minimum atomic E-state index is -1.58. The SMILES string of the molecule is CCCc1c(C)c(C)c(C(C)=C(C)[Si]2O[Si]O[Si]O[Si]O2)c(CCC)c1CCC. The molecule has 0 bridgehead atoms. The maximum atomic E-state index is 5.96. The van der Waals surface area contributed by atoms with Crippen LogP contribution in [0.4, 0.5) is 0 Å². The van der Waals surface area contributed by atoms with E-state index in [0.29, 0.717) is 0 Å². The highest BCUT2D eigenvalue weighted by Gasteiger charge is 2.27. The van der Waals surface area contributed by atoms with Crippen LogP contribution in [-0.2, 0) is 35.7 Å². The van der Waals surface area contributed by atoms with Gasteiger partial charge in [0.2, 0.25) is 0 Å². The third kappa shape index (κ3) is 6.10. The highest BCUT2D eigenvalue weighted by Crippen LogP contribution is 2.36. The van der Waals surface area contributed by atoms with Crippen molar-refractivity contribution in [3.8, 4) is 0 Å². The van der Waals surface area contributed by atoms with Crippen LogP contribution in [0.5, 0.6) is 0 Å². The minimum Gasteiger partial charge on any atom is -0.412 e. The molecule has 4 nitrogen and oxygen atoms in total. The molecule has 0 aromatic heterocycles. The monoisotopic (exact) mass is 461 g/mol. The summed E-state index contributed by atoms with van der Waals surface area (Å²) in [6.07, 6.45) is 6.96. The van der Waals surface area contributed by atoms with Gasteiger partial charge in [-0.2, -0.15) is 0 Å². The first-order chi connectivity index (χ1) is 14.0. The number of benzene rings is 1. The quantitative estimate of drug-likeness (QED) is 0.527. The van der Waals surface area contributed by atoms with Crippen molar-refractivity contribution >= 4 is 44.9 Å². The molecule has 2 rings (SSSR count). The Morgan fingerprint density at radius 3 is 1.79 bits per heavy atom. The molecular weight excluding hydrogens is 429 g/mol. The predicted molar refractivity (Wildman–Crippen MR) is 124 cm³/mol. The van der Waals surface area contributed by atoms with Crippen LogP contribution in [0.15, 0.2) is 5.20 Å². The van der Waals surface area contributed by atoms with Crippen LogP contribution in [0.3, 0.4) is 0 Å². The molecule has 7 radical (unpaired) electrons. The van der Waals surface area contributed by atoms with E-state index in [1.807, 2.05) is 0 Å². The summed E-state index contributed by atoms with van der Waals surface area (Å²) in [5, 5.41) is 1.21. The third-order valence-electron chi connectivity index (χ3n) is 5.60. The molecule has 1 fully saturated rings. The van der Waals surface area contributed by atoms with Crippen LogP contribution >= 0.6 is 0 Å². The summed E-state index contributed by atoms with van der Waals surface area (Å²) < 4.78 is 22.7. The van der Waals surface area contributed by atoms with E-state index in [2.05, 4.69) is 48.5 Å². The van der Waals surface area contributed by atoms with Crippen molar-refractivity contribution in [3.05, 3.63) is 38.6 Å². The van der Waals surface area contributed by atoms with E-state index in [1.54, 1.807) is 16.7 Å². The predicted octanol–water partition coefficient (Wildman–Crippen LogP) is 4.66. The van der Waals surface area contributed by atoms with E-state index in [9.17, 15) is 0 Å². The Bertz CT molecular complexity index is 713. The van der Waals surface area contributed by atoms with Crippen molar-refractivity contribution in [3.63, 3.8) is 0 Å². The largest absolute Gasteiger partial charge is 0.413 e. The average molecular weight is 462 g/mol.